The molecule has 0 amide bonds. The van der Waals surface area contributed by atoms with Crippen LogP contribution < -0.4 is 9.64 Å². The molecule has 0 atom stereocenters. The van der Waals surface area contributed by atoms with E-state index in [9.17, 15) is 0 Å². The van der Waals surface area contributed by atoms with Crippen LogP contribution in [0.15, 0.2) is 16.7 Å². The Kier molecular flexibility index (Phi) is 4.16. The van der Waals surface area contributed by atoms with Gasteiger partial charge in [-0.05, 0) is 47.7 Å². The molecule has 2 heterocycles. The van der Waals surface area contributed by atoms with Crippen molar-refractivity contribution in [3.63, 3.8) is 0 Å². The predicted molar refractivity (Wildman–Crippen MR) is 97.7 cm³/mol. The maximum absolute atomic E-state index is 15.5. The van der Waals surface area contributed by atoms with Gasteiger partial charge in [0.05, 0.1) is 34.7 Å². The quantitative estimate of drug-likeness (QED) is 0.693. The Morgan fingerprint density at radius 3 is 2.64 bits per heavy atom. The van der Waals surface area contributed by atoms with Crippen LogP contribution in [0, 0.1) is 12.4 Å². The Labute approximate surface area is 154 Å². The number of nitrogens with zero attached hydrogens (tertiary/aromatic N) is 4. The van der Waals surface area contributed by atoms with E-state index in [4.69, 9.17) is 11.3 Å². The van der Waals surface area contributed by atoms with Crippen LogP contribution in [-0.4, -0.2) is 29.0 Å². The molecule has 5 nitrogen and oxygen atoms in total. The first-order chi connectivity index (χ1) is 12.1. The van der Waals surface area contributed by atoms with Crippen molar-refractivity contribution in [3.8, 4) is 17.0 Å². The van der Waals surface area contributed by atoms with Crippen LogP contribution in [0.1, 0.15) is 25.7 Å². The van der Waals surface area contributed by atoms with Crippen molar-refractivity contribution in [3.05, 3.63) is 34.0 Å². The standard InChI is InChI=1S/C18H18BrFN4O/c1-21-17-14(25-11-5-6-11)9-13(24-7-3-4-8-24)16(20)15(17)18-12(19)10-22-23(18)2/h9-11H,3-8H2,2H3. The van der Waals surface area contributed by atoms with E-state index in [1.807, 2.05) is 4.90 Å². The van der Waals surface area contributed by atoms with E-state index in [1.165, 1.54) is 0 Å². The molecule has 25 heavy (non-hydrogen) atoms. The summed E-state index contributed by atoms with van der Waals surface area (Å²) < 4.78 is 23.7. The van der Waals surface area contributed by atoms with Gasteiger partial charge in [0.15, 0.2) is 0 Å². The first kappa shape index (κ1) is 16.4. The lowest BCUT2D eigenvalue weighted by atomic mass is 10.1. The van der Waals surface area contributed by atoms with Crippen LogP contribution in [0.2, 0.25) is 0 Å². The van der Waals surface area contributed by atoms with Gasteiger partial charge in [-0.3, -0.25) is 4.68 Å². The van der Waals surface area contributed by atoms with Crippen molar-refractivity contribution < 1.29 is 9.13 Å². The molecule has 4 rings (SSSR count). The normalized spacial score (nSPS) is 17.0. The fourth-order valence-corrected chi connectivity index (χ4v) is 3.82. The molecule has 2 aliphatic rings. The number of ether oxygens (including phenoxy) is 1. The zero-order valence-corrected chi connectivity index (χ0v) is 15.5. The Balaban J connectivity index is 1.96. The summed E-state index contributed by atoms with van der Waals surface area (Å²) in [5.74, 6) is 0.101. The van der Waals surface area contributed by atoms with E-state index in [2.05, 4.69) is 25.9 Å². The third kappa shape index (κ3) is 2.89. The summed E-state index contributed by atoms with van der Waals surface area (Å²) in [5.41, 5.74) is 1.56. The Morgan fingerprint density at radius 2 is 2.08 bits per heavy atom. The van der Waals surface area contributed by atoms with Crippen LogP contribution in [0.25, 0.3) is 16.1 Å². The van der Waals surface area contributed by atoms with Crippen molar-refractivity contribution in [2.24, 2.45) is 7.05 Å². The van der Waals surface area contributed by atoms with E-state index in [1.54, 1.807) is 24.0 Å². The molecule has 0 radical (unpaired) electrons. The highest BCUT2D eigenvalue weighted by atomic mass is 79.9. The molecule has 0 N–H and O–H groups in total. The number of benzene rings is 1. The van der Waals surface area contributed by atoms with Crippen molar-refractivity contribution in [1.82, 2.24) is 9.78 Å². The molecular weight excluding hydrogens is 387 g/mol. The molecule has 1 aliphatic heterocycles. The summed E-state index contributed by atoms with van der Waals surface area (Å²) in [7, 11) is 1.75. The van der Waals surface area contributed by atoms with Gasteiger partial charge in [-0.15, -0.1) is 0 Å². The van der Waals surface area contributed by atoms with E-state index < -0.39 is 0 Å². The van der Waals surface area contributed by atoms with Crippen molar-refractivity contribution >= 4 is 27.3 Å². The van der Waals surface area contributed by atoms with Crippen LogP contribution >= 0.6 is 15.9 Å². The summed E-state index contributed by atoms with van der Waals surface area (Å²) in [6.45, 7) is 9.27. The maximum atomic E-state index is 15.5. The molecule has 7 heteroatoms. The summed E-state index contributed by atoms with van der Waals surface area (Å²) in [4.78, 5) is 5.66. The predicted octanol–water partition coefficient (Wildman–Crippen LogP) is 4.68. The van der Waals surface area contributed by atoms with Crippen LogP contribution in [-0.2, 0) is 7.05 Å². The summed E-state index contributed by atoms with van der Waals surface area (Å²) in [6, 6.07) is 1.71. The molecule has 130 valence electrons. The van der Waals surface area contributed by atoms with E-state index in [-0.39, 0.29) is 23.2 Å². The smallest absolute Gasteiger partial charge is 0.240 e. The Morgan fingerprint density at radius 1 is 1.36 bits per heavy atom. The van der Waals surface area contributed by atoms with Crippen molar-refractivity contribution in [2.45, 2.75) is 31.8 Å². The Hall–Kier alpha value is -2.07. The lowest BCUT2D eigenvalue weighted by Crippen LogP contribution is -2.19. The van der Waals surface area contributed by atoms with Crippen molar-refractivity contribution in [2.75, 3.05) is 18.0 Å². The lowest BCUT2D eigenvalue weighted by Gasteiger charge is -2.23. The van der Waals surface area contributed by atoms with Gasteiger partial charge in [0.25, 0.3) is 0 Å². The van der Waals surface area contributed by atoms with Crippen LogP contribution in [0.5, 0.6) is 5.75 Å². The minimum atomic E-state index is -0.375. The molecule has 1 saturated carbocycles. The lowest BCUT2D eigenvalue weighted by molar-refractivity contribution is 0.305. The van der Waals surface area contributed by atoms with Crippen LogP contribution in [0.4, 0.5) is 15.8 Å². The molecule has 0 unspecified atom stereocenters. The monoisotopic (exact) mass is 404 g/mol. The van der Waals surface area contributed by atoms with E-state index in [0.29, 0.717) is 21.6 Å². The van der Waals surface area contributed by atoms with E-state index >= 15 is 4.39 Å². The largest absolute Gasteiger partial charge is 0.501 e. The third-order valence-corrected chi connectivity index (χ3v) is 5.27. The second-order valence-electron chi connectivity index (χ2n) is 6.52. The number of halogens is 2. The molecule has 2 aromatic rings. The first-order valence-electron chi connectivity index (χ1n) is 8.43. The second kappa shape index (κ2) is 6.34. The fourth-order valence-electron chi connectivity index (χ4n) is 3.27. The number of hydrogen-bond acceptors (Lipinski definition) is 3. The van der Waals surface area contributed by atoms with Gasteiger partial charge in [0.1, 0.15) is 11.6 Å². The van der Waals surface area contributed by atoms with Gasteiger partial charge in [0, 0.05) is 25.7 Å². The average Bonchev–Trinajstić information content (AvgIpc) is 3.12. The topological polar surface area (TPSA) is 34.6 Å². The van der Waals surface area contributed by atoms with Gasteiger partial charge >= 0.3 is 0 Å². The minimum absolute atomic E-state index is 0.139. The molecule has 0 bridgehead atoms. The summed E-state index contributed by atoms with van der Waals surface area (Å²) in [5, 5.41) is 4.19. The van der Waals surface area contributed by atoms with Gasteiger partial charge in [-0.2, -0.15) is 5.10 Å². The molecule has 2 fully saturated rings. The number of hydrogen-bond donors (Lipinski definition) is 0. The number of aromatic nitrogens is 2. The molecule has 0 spiro atoms. The highest BCUT2D eigenvalue weighted by molar-refractivity contribution is 9.10. The Bertz CT molecular complexity index is 843. The summed E-state index contributed by atoms with van der Waals surface area (Å²) >= 11 is 3.44. The minimum Gasteiger partial charge on any atom is -0.501 e. The maximum Gasteiger partial charge on any atom is 0.240 e. The van der Waals surface area contributed by atoms with Crippen molar-refractivity contribution in [1.29, 1.82) is 0 Å². The second-order valence-corrected chi connectivity index (χ2v) is 7.37. The summed E-state index contributed by atoms with van der Waals surface area (Å²) in [6.07, 6.45) is 5.82. The average molecular weight is 405 g/mol. The fraction of sp³-hybridized carbons (Fsp3) is 0.444. The number of anilines is 1. The van der Waals surface area contributed by atoms with E-state index in [0.717, 1.165) is 38.8 Å². The van der Waals surface area contributed by atoms with Gasteiger partial charge in [-0.1, -0.05) is 0 Å². The molecule has 1 aromatic heterocycles. The highest BCUT2D eigenvalue weighted by Crippen LogP contribution is 2.48. The zero-order chi connectivity index (χ0) is 17.6. The SMILES string of the molecule is [C-]#[N+]c1c(OC2CC2)cc(N2CCCC2)c(F)c1-c1c(Br)cnn1C. The number of aryl methyl sites for hydroxylation is 1. The van der Waals surface area contributed by atoms with Gasteiger partial charge in [-0.25, -0.2) is 9.24 Å². The molecule has 1 saturated heterocycles. The number of rotatable bonds is 4. The van der Waals surface area contributed by atoms with Crippen LogP contribution in [0.3, 0.4) is 0 Å². The van der Waals surface area contributed by atoms with Gasteiger partial charge in [0.2, 0.25) is 5.69 Å². The zero-order valence-electron chi connectivity index (χ0n) is 13.9. The third-order valence-electron chi connectivity index (χ3n) is 4.69. The molecule has 1 aliphatic carbocycles. The van der Waals surface area contributed by atoms with Gasteiger partial charge < -0.3 is 9.64 Å². The molecular formula is C18H18BrFN4O. The first-order valence-corrected chi connectivity index (χ1v) is 9.23. The highest BCUT2D eigenvalue weighted by Gasteiger charge is 2.31. The molecule has 1 aromatic carbocycles.